The molecule has 0 saturated heterocycles. The van der Waals surface area contributed by atoms with Crippen molar-refractivity contribution < 1.29 is 4.79 Å². The number of amides is 1. The molecule has 0 unspecified atom stereocenters. The Labute approximate surface area is 116 Å². The molecule has 3 N–H and O–H groups in total. The van der Waals surface area contributed by atoms with Crippen molar-refractivity contribution in [3.63, 3.8) is 0 Å². The summed E-state index contributed by atoms with van der Waals surface area (Å²) >= 11 is 5.98. The van der Waals surface area contributed by atoms with Gasteiger partial charge in [-0.1, -0.05) is 11.6 Å². The molecule has 100 valence electrons. The predicted octanol–water partition coefficient (Wildman–Crippen LogP) is 2.54. The van der Waals surface area contributed by atoms with Gasteiger partial charge in [-0.15, -0.1) is 0 Å². The Hall–Kier alpha value is -2.01. The van der Waals surface area contributed by atoms with E-state index in [1.165, 1.54) is 0 Å². The van der Waals surface area contributed by atoms with E-state index in [0.717, 1.165) is 13.0 Å². The van der Waals surface area contributed by atoms with Gasteiger partial charge < -0.3 is 11.1 Å². The molecule has 0 aliphatic heterocycles. The van der Waals surface area contributed by atoms with Crippen molar-refractivity contribution in [3.8, 4) is 0 Å². The van der Waals surface area contributed by atoms with Gasteiger partial charge in [-0.05, 0) is 30.7 Å². The average Bonchev–Trinajstić information content (AvgIpc) is 2.86. The second-order valence-electron chi connectivity index (χ2n) is 4.16. The Bertz CT molecular complexity index is 554. The maximum absolute atomic E-state index is 11.7. The molecular formula is C13H15ClN4O. The molecule has 19 heavy (non-hydrogen) atoms. The summed E-state index contributed by atoms with van der Waals surface area (Å²) in [5, 5.41) is 7.28. The van der Waals surface area contributed by atoms with Gasteiger partial charge in [0.15, 0.2) is 0 Å². The van der Waals surface area contributed by atoms with E-state index in [1.807, 2.05) is 12.3 Å². The van der Waals surface area contributed by atoms with Gasteiger partial charge in [-0.2, -0.15) is 5.10 Å². The lowest BCUT2D eigenvalue weighted by atomic mass is 10.2. The van der Waals surface area contributed by atoms with Crippen LogP contribution in [0.4, 0.5) is 11.4 Å². The lowest BCUT2D eigenvalue weighted by molar-refractivity contribution is -0.116. The number of benzene rings is 1. The van der Waals surface area contributed by atoms with Gasteiger partial charge >= 0.3 is 0 Å². The van der Waals surface area contributed by atoms with Crippen LogP contribution in [0, 0.1) is 0 Å². The number of halogens is 1. The molecule has 0 bridgehead atoms. The summed E-state index contributed by atoms with van der Waals surface area (Å²) in [5.41, 5.74) is 6.74. The number of rotatable bonds is 5. The fourth-order valence-electron chi connectivity index (χ4n) is 1.68. The molecule has 0 aliphatic rings. The second kappa shape index (κ2) is 6.24. The molecule has 5 nitrogen and oxygen atoms in total. The van der Waals surface area contributed by atoms with Crippen molar-refractivity contribution in [2.75, 3.05) is 11.1 Å². The molecule has 1 amide bonds. The van der Waals surface area contributed by atoms with E-state index in [2.05, 4.69) is 10.4 Å². The number of carbonyl (C=O) groups excluding carboxylic acids is 1. The molecule has 0 radical (unpaired) electrons. The lowest BCUT2D eigenvalue weighted by Gasteiger charge is -2.07. The zero-order chi connectivity index (χ0) is 13.7. The normalized spacial score (nSPS) is 10.4. The van der Waals surface area contributed by atoms with Gasteiger partial charge in [0.2, 0.25) is 5.91 Å². The number of nitrogen functional groups attached to an aromatic ring is 1. The minimum atomic E-state index is -0.0705. The highest BCUT2D eigenvalue weighted by Gasteiger charge is 2.06. The summed E-state index contributed by atoms with van der Waals surface area (Å²) in [7, 11) is 0. The first-order chi connectivity index (χ1) is 9.15. The zero-order valence-corrected chi connectivity index (χ0v) is 11.1. The highest BCUT2D eigenvalue weighted by molar-refractivity contribution is 6.34. The molecule has 0 fully saturated rings. The summed E-state index contributed by atoms with van der Waals surface area (Å²) in [6.07, 6.45) is 4.73. The van der Waals surface area contributed by atoms with E-state index in [0.29, 0.717) is 22.8 Å². The van der Waals surface area contributed by atoms with Crippen LogP contribution in [0.1, 0.15) is 12.8 Å². The Balaban J connectivity index is 1.80. The lowest BCUT2D eigenvalue weighted by Crippen LogP contribution is -2.13. The van der Waals surface area contributed by atoms with E-state index in [9.17, 15) is 4.79 Å². The predicted molar refractivity (Wildman–Crippen MR) is 76.0 cm³/mol. The molecule has 0 spiro atoms. The van der Waals surface area contributed by atoms with Gasteiger partial charge in [0, 0.05) is 31.0 Å². The van der Waals surface area contributed by atoms with Crippen molar-refractivity contribution in [3.05, 3.63) is 41.7 Å². The summed E-state index contributed by atoms with van der Waals surface area (Å²) in [5.74, 6) is -0.0705. The zero-order valence-electron chi connectivity index (χ0n) is 10.3. The van der Waals surface area contributed by atoms with Crippen molar-refractivity contribution in [2.24, 2.45) is 0 Å². The van der Waals surface area contributed by atoms with Crippen LogP contribution in [-0.2, 0) is 11.3 Å². The van der Waals surface area contributed by atoms with Gasteiger partial charge in [0.25, 0.3) is 0 Å². The van der Waals surface area contributed by atoms with E-state index in [4.69, 9.17) is 17.3 Å². The number of hydrogen-bond acceptors (Lipinski definition) is 3. The number of nitrogens with one attached hydrogen (secondary N) is 1. The summed E-state index contributed by atoms with van der Waals surface area (Å²) in [4.78, 5) is 11.7. The maximum Gasteiger partial charge on any atom is 0.224 e. The van der Waals surface area contributed by atoms with Crippen LogP contribution in [0.5, 0.6) is 0 Å². The quantitative estimate of drug-likeness (QED) is 0.826. The molecule has 2 aromatic rings. The Morgan fingerprint density at radius 2 is 2.32 bits per heavy atom. The first-order valence-electron chi connectivity index (χ1n) is 5.97. The molecule has 0 saturated carbocycles. The first kappa shape index (κ1) is 13.4. The number of nitrogens with zero attached hydrogens (tertiary/aromatic N) is 2. The standard InChI is InChI=1S/C13H15ClN4O/c14-11-9-10(15)4-5-12(11)17-13(19)3-1-7-18-8-2-6-16-18/h2,4-6,8-9H,1,3,7,15H2,(H,17,19). The summed E-state index contributed by atoms with van der Waals surface area (Å²) in [6, 6.07) is 6.86. The second-order valence-corrected chi connectivity index (χ2v) is 4.57. The van der Waals surface area contributed by atoms with Crippen LogP contribution in [0.3, 0.4) is 0 Å². The van der Waals surface area contributed by atoms with Gasteiger partial charge in [-0.25, -0.2) is 0 Å². The maximum atomic E-state index is 11.7. The monoisotopic (exact) mass is 278 g/mol. The van der Waals surface area contributed by atoms with Crippen LogP contribution in [-0.4, -0.2) is 15.7 Å². The molecule has 1 aromatic carbocycles. The molecule has 6 heteroatoms. The van der Waals surface area contributed by atoms with Gasteiger partial charge in [0.05, 0.1) is 10.7 Å². The summed E-state index contributed by atoms with van der Waals surface area (Å²) < 4.78 is 1.80. The Morgan fingerprint density at radius 1 is 1.47 bits per heavy atom. The molecule has 2 rings (SSSR count). The topological polar surface area (TPSA) is 72.9 Å². The van der Waals surface area contributed by atoms with Crippen LogP contribution in [0.15, 0.2) is 36.7 Å². The van der Waals surface area contributed by atoms with Crippen LogP contribution in [0.2, 0.25) is 5.02 Å². The third-order valence-electron chi connectivity index (χ3n) is 2.62. The first-order valence-corrected chi connectivity index (χ1v) is 6.35. The highest BCUT2D eigenvalue weighted by Crippen LogP contribution is 2.24. The number of carbonyl (C=O) groups is 1. The average molecular weight is 279 g/mol. The van der Waals surface area contributed by atoms with Crippen LogP contribution in [0.25, 0.3) is 0 Å². The molecule has 0 atom stereocenters. The van der Waals surface area contributed by atoms with Gasteiger partial charge in [-0.3, -0.25) is 9.48 Å². The van der Waals surface area contributed by atoms with Crippen LogP contribution < -0.4 is 11.1 Å². The van der Waals surface area contributed by atoms with Crippen molar-refractivity contribution in [1.82, 2.24) is 9.78 Å². The van der Waals surface area contributed by atoms with E-state index in [1.54, 1.807) is 29.1 Å². The molecule has 1 aromatic heterocycles. The molecular weight excluding hydrogens is 264 g/mol. The van der Waals surface area contributed by atoms with Crippen molar-refractivity contribution in [1.29, 1.82) is 0 Å². The number of nitrogens with two attached hydrogens (primary N) is 1. The third kappa shape index (κ3) is 3.99. The molecule has 0 aliphatic carbocycles. The largest absolute Gasteiger partial charge is 0.399 e. The van der Waals surface area contributed by atoms with E-state index in [-0.39, 0.29) is 5.91 Å². The fourth-order valence-corrected chi connectivity index (χ4v) is 1.92. The minimum absolute atomic E-state index is 0.0705. The SMILES string of the molecule is Nc1ccc(NC(=O)CCCn2cccn2)c(Cl)c1. The number of hydrogen-bond donors (Lipinski definition) is 2. The smallest absolute Gasteiger partial charge is 0.224 e. The summed E-state index contributed by atoms with van der Waals surface area (Å²) in [6.45, 7) is 0.718. The third-order valence-corrected chi connectivity index (χ3v) is 2.93. The van der Waals surface area contributed by atoms with Crippen LogP contribution >= 0.6 is 11.6 Å². The highest BCUT2D eigenvalue weighted by atomic mass is 35.5. The number of aromatic nitrogens is 2. The minimum Gasteiger partial charge on any atom is -0.399 e. The number of aryl methyl sites for hydroxylation is 1. The van der Waals surface area contributed by atoms with E-state index >= 15 is 0 Å². The molecule has 1 heterocycles. The van der Waals surface area contributed by atoms with Crippen molar-refractivity contribution >= 4 is 28.9 Å². The van der Waals surface area contributed by atoms with E-state index < -0.39 is 0 Å². The van der Waals surface area contributed by atoms with Gasteiger partial charge in [0.1, 0.15) is 0 Å². The fraction of sp³-hybridized carbons (Fsp3) is 0.231. The Morgan fingerprint density at radius 3 is 3.00 bits per heavy atom. The number of anilines is 2. The van der Waals surface area contributed by atoms with Crippen molar-refractivity contribution in [2.45, 2.75) is 19.4 Å². The Kier molecular flexibility index (Phi) is 4.41.